The van der Waals surface area contributed by atoms with Gasteiger partial charge in [-0.3, -0.25) is 9.79 Å². The number of nitrogens with one attached hydrogen (secondary N) is 2. The van der Waals surface area contributed by atoms with Gasteiger partial charge in [-0.1, -0.05) is 24.8 Å². The smallest absolute Gasteiger partial charge is 0.247 e. The number of aromatic nitrogens is 2. The number of ether oxygens (including phenoxy) is 1. The number of carbonyl (C=O) groups is 1. The number of para-hydroxylation sites is 1. The first-order valence-electron chi connectivity index (χ1n) is 11.6. The molecule has 0 bridgehead atoms. The molecule has 9 nitrogen and oxygen atoms in total. The van der Waals surface area contributed by atoms with Crippen molar-refractivity contribution in [1.29, 1.82) is 0 Å². The van der Waals surface area contributed by atoms with E-state index in [1.165, 1.54) is 6.08 Å². The second-order valence-corrected chi connectivity index (χ2v) is 8.73. The van der Waals surface area contributed by atoms with Gasteiger partial charge in [0.1, 0.15) is 5.75 Å². The van der Waals surface area contributed by atoms with E-state index in [1.807, 2.05) is 63.8 Å². The molecule has 1 aliphatic heterocycles. The monoisotopic (exact) mass is 485 g/mol. The second kappa shape index (κ2) is 11.0. The van der Waals surface area contributed by atoms with E-state index >= 15 is 0 Å². The number of anilines is 4. The number of fused-ring (bicyclic) bond motifs is 1. The lowest BCUT2D eigenvalue weighted by molar-refractivity contribution is -0.111. The van der Waals surface area contributed by atoms with Crippen molar-refractivity contribution in [2.45, 2.75) is 5.92 Å². The first kappa shape index (κ1) is 24.9. The van der Waals surface area contributed by atoms with Crippen LogP contribution in [-0.2, 0) is 4.79 Å². The van der Waals surface area contributed by atoms with Gasteiger partial charge >= 0.3 is 0 Å². The molecular weight excluding hydrogens is 454 g/mol. The summed E-state index contributed by atoms with van der Waals surface area (Å²) in [5.41, 5.74) is 4.97. The fraction of sp³-hybridized carbons (Fsp3) is 0.259. The van der Waals surface area contributed by atoms with Crippen molar-refractivity contribution in [2.75, 3.05) is 56.9 Å². The molecule has 1 aliphatic rings. The standard InChI is InChI=1S/C27H31N7O2/c1-6-26(35)30-22-15-23(25(36-5)16-24(22)34(4)14-13-33(2)3)32-27-28-12-11-21(31-27)19-17-29-20-10-8-7-9-18(19)20/h6-12,15-17,19H,1,13-14H2,2-5H3,(H,30,35)(H,28,31,32). The van der Waals surface area contributed by atoms with Gasteiger partial charge in [0.2, 0.25) is 11.9 Å². The number of likely N-dealkylation sites (N-methyl/N-ethyl adjacent to an activating group) is 2. The van der Waals surface area contributed by atoms with Gasteiger partial charge < -0.3 is 25.2 Å². The zero-order valence-corrected chi connectivity index (χ0v) is 21.0. The fourth-order valence-electron chi connectivity index (χ4n) is 3.97. The molecule has 1 aromatic heterocycles. The molecule has 9 heteroatoms. The summed E-state index contributed by atoms with van der Waals surface area (Å²) in [6.07, 6.45) is 4.86. The number of hydrogen-bond acceptors (Lipinski definition) is 8. The predicted octanol–water partition coefficient (Wildman–Crippen LogP) is 4.20. The van der Waals surface area contributed by atoms with Crippen LogP contribution in [0.1, 0.15) is 17.2 Å². The Balaban J connectivity index is 1.66. The number of aliphatic imine (C=N–C) groups is 1. The van der Waals surface area contributed by atoms with Crippen molar-refractivity contribution in [1.82, 2.24) is 14.9 Å². The SMILES string of the molecule is C=CC(=O)Nc1cc(Nc2nccc(C3C=Nc4ccccc43)n2)c(OC)cc1N(C)CCN(C)C. The predicted molar refractivity (Wildman–Crippen MR) is 145 cm³/mol. The summed E-state index contributed by atoms with van der Waals surface area (Å²) < 4.78 is 5.69. The van der Waals surface area contributed by atoms with Crippen molar-refractivity contribution in [2.24, 2.45) is 4.99 Å². The highest BCUT2D eigenvalue weighted by Gasteiger charge is 2.22. The first-order chi connectivity index (χ1) is 17.4. The lowest BCUT2D eigenvalue weighted by atomic mass is 9.98. The zero-order chi connectivity index (χ0) is 25.7. The molecule has 36 heavy (non-hydrogen) atoms. The number of benzene rings is 2. The van der Waals surface area contributed by atoms with E-state index in [9.17, 15) is 4.79 Å². The molecule has 3 aromatic rings. The third kappa shape index (κ3) is 5.52. The van der Waals surface area contributed by atoms with Crippen LogP contribution in [0.2, 0.25) is 0 Å². The van der Waals surface area contributed by atoms with E-state index < -0.39 is 0 Å². The minimum atomic E-state index is -0.300. The summed E-state index contributed by atoms with van der Waals surface area (Å²) >= 11 is 0. The Morgan fingerprint density at radius 3 is 2.69 bits per heavy atom. The van der Waals surface area contributed by atoms with Crippen molar-refractivity contribution >= 4 is 40.8 Å². The highest BCUT2D eigenvalue weighted by molar-refractivity contribution is 6.02. The van der Waals surface area contributed by atoms with Crippen molar-refractivity contribution in [3.8, 4) is 5.75 Å². The maximum Gasteiger partial charge on any atom is 0.247 e. The maximum atomic E-state index is 12.2. The molecular formula is C27H31N7O2. The van der Waals surface area contributed by atoms with Gasteiger partial charge in [-0.15, -0.1) is 0 Å². The molecule has 186 valence electrons. The molecule has 0 saturated carbocycles. The first-order valence-corrected chi connectivity index (χ1v) is 11.6. The number of hydrogen-bond donors (Lipinski definition) is 2. The molecule has 0 radical (unpaired) electrons. The van der Waals surface area contributed by atoms with Gasteiger partial charge in [0, 0.05) is 38.6 Å². The topological polar surface area (TPSA) is 95.0 Å². The summed E-state index contributed by atoms with van der Waals surface area (Å²) in [4.78, 5) is 30.0. The number of nitrogens with zero attached hydrogens (tertiary/aromatic N) is 5. The Labute approximate surface area is 211 Å². The largest absolute Gasteiger partial charge is 0.494 e. The summed E-state index contributed by atoms with van der Waals surface area (Å²) in [5.74, 6) is 0.672. The second-order valence-electron chi connectivity index (χ2n) is 8.73. The Morgan fingerprint density at radius 1 is 1.14 bits per heavy atom. The average molecular weight is 486 g/mol. The van der Waals surface area contributed by atoms with Crippen molar-refractivity contribution in [3.05, 3.63) is 72.6 Å². The highest BCUT2D eigenvalue weighted by Crippen LogP contribution is 2.39. The van der Waals surface area contributed by atoms with Crippen LogP contribution in [0.25, 0.3) is 0 Å². The van der Waals surface area contributed by atoms with Gasteiger partial charge in [-0.25, -0.2) is 9.97 Å². The average Bonchev–Trinajstić information content (AvgIpc) is 3.32. The van der Waals surface area contributed by atoms with Gasteiger partial charge in [0.25, 0.3) is 0 Å². The van der Waals surface area contributed by atoms with Gasteiger partial charge in [0.05, 0.1) is 41.5 Å². The van der Waals surface area contributed by atoms with Crippen LogP contribution in [0.3, 0.4) is 0 Å². The molecule has 2 heterocycles. The van der Waals surface area contributed by atoms with Crippen LogP contribution >= 0.6 is 0 Å². The Bertz CT molecular complexity index is 1290. The number of methoxy groups -OCH3 is 1. The minimum Gasteiger partial charge on any atom is -0.494 e. The minimum absolute atomic E-state index is 0.0400. The Kier molecular flexibility index (Phi) is 7.60. The third-order valence-electron chi connectivity index (χ3n) is 5.93. The van der Waals surface area contributed by atoms with Gasteiger partial charge in [0.15, 0.2) is 0 Å². The summed E-state index contributed by atoms with van der Waals surface area (Å²) in [6, 6.07) is 13.6. The van der Waals surface area contributed by atoms with Crippen LogP contribution < -0.4 is 20.3 Å². The summed E-state index contributed by atoms with van der Waals surface area (Å²) in [7, 11) is 7.62. The normalized spacial score (nSPS) is 13.9. The van der Waals surface area contributed by atoms with E-state index in [1.54, 1.807) is 13.3 Å². The molecule has 0 aliphatic carbocycles. The number of amides is 1. The number of carbonyl (C=O) groups excluding carboxylic acids is 1. The van der Waals surface area contributed by atoms with E-state index in [0.29, 0.717) is 23.1 Å². The number of rotatable bonds is 10. The zero-order valence-electron chi connectivity index (χ0n) is 21.0. The lowest BCUT2D eigenvalue weighted by Gasteiger charge is -2.26. The molecule has 1 atom stereocenters. The highest BCUT2D eigenvalue weighted by atomic mass is 16.5. The van der Waals surface area contributed by atoms with Crippen LogP contribution in [-0.4, -0.2) is 68.3 Å². The van der Waals surface area contributed by atoms with Crippen LogP contribution in [0.5, 0.6) is 5.75 Å². The Hall–Kier alpha value is -4.24. The Morgan fingerprint density at radius 2 is 1.94 bits per heavy atom. The van der Waals surface area contributed by atoms with Crippen LogP contribution in [0.15, 0.2) is 66.3 Å². The van der Waals surface area contributed by atoms with E-state index in [-0.39, 0.29) is 11.8 Å². The van der Waals surface area contributed by atoms with Crippen LogP contribution in [0.4, 0.5) is 28.7 Å². The molecule has 0 fully saturated rings. The van der Waals surface area contributed by atoms with Crippen LogP contribution in [0, 0.1) is 0 Å². The summed E-state index contributed by atoms with van der Waals surface area (Å²) in [6.45, 7) is 5.18. The van der Waals surface area contributed by atoms with Crippen molar-refractivity contribution in [3.63, 3.8) is 0 Å². The molecule has 1 unspecified atom stereocenters. The lowest BCUT2D eigenvalue weighted by Crippen LogP contribution is -2.29. The van der Waals surface area contributed by atoms with Gasteiger partial charge in [-0.05, 0) is 43.9 Å². The van der Waals surface area contributed by atoms with Gasteiger partial charge in [-0.2, -0.15) is 0 Å². The van der Waals surface area contributed by atoms with E-state index in [0.717, 1.165) is 35.7 Å². The molecule has 1 amide bonds. The third-order valence-corrected chi connectivity index (χ3v) is 5.93. The van der Waals surface area contributed by atoms with Crippen molar-refractivity contribution < 1.29 is 9.53 Å². The molecule has 4 rings (SSSR count). The molecule has 2 aromatic carbocycles. The summed E-state index contributed by atoms with van der Waals surface area (Å²) in [5, 5.41) is 6.17. The fourth-order valence-corrected chi connectivity index (χ4v) is 3.97. The molecule has 0 spiro atoms. The molecule has 2 N–H and O–H groups in total. The molecule has 0 saturated heterocycles. The van der Waals surface area contributed by atoms with E-state index in [4.69, 9.17) is 9.72 Å². The maximum absolute atomic E-state index is 12.2. The van der Waals surface area contributed by atoms with E-state index in [2.05, 4.69) is 43.1 Å². The quantitative estimate of drug-likeness (QED) is 0.416.